The average molecular weight is 736 g/mol. The average Bonchev–Trinajstić information content (AvgIpc) is 3.30. The minimum absolute atomic E-state index is 0.635. The highest BCUT2D eigenvalue weighted by molar-refractivity contribution is 6.37. The summed E-state index contributed by atoms with van der Waals surface area (Å²) in [4.78, 5) is 15.5. The largest absolute Gasteiger partial charge is 0.208 e. The second-order valence-corrected chi connectivity index (χ2v) is 15.1. The van der Waals surface area contributed by atoms with Crippen molar-refractivity contribution >= 4 is 64.6 Å². The van der Waals surface area contributed by atoms with Crippen LogP contribution in [0.25, 0.3) is 121 Å². The standard InChI is InChI=1S/C55H33N3/c1-3-12-34(13-4-1)35-24-29-40(30-25-35)54-56-53(39-14-5-2-6-15-39)57-55(58-54)47-20-8-7-19-43(47)42-32-41-31-28-38-17-10-22-45-44-21-9-16-36-26-27-37-18-11-23-46(51(37)49(36)44)48(33-42)52(41)50(38)45/h1-33H. The van der Waals surface area contributed by atoms with Crippen LogP contribution in [0.5, 0.6) is 0 Å². The first-order valence-corrected chi connectivity index (χ1v) is 19.8. The van der Waals surface area contributed by atoms with Gasteiger partial charge < -0.3 is 0 Å². The van der Waals surface area contributed by atoms with Gasteiger partial charge in [0.15, 0.2) is 17.5 Å². The fourth-order valence-electron chi connectivity index (χ4n) is 9.15. The van der Waals surface area contributed by atoms with Crippen molar-refractivity contribution in [3.05, 3.63) is 200 Å². The Labute approximate surface area is 334 Å². The second kappa shape index (κ2) is 12.9. The summed E-state index contributed by atoms with van der Waals surface area (Å²) >= 11 is 0. The molecule has 3 heteroatoms. The molecule has 12 aromatic rings. The van der Waals surface area contributed by atoms with Crippen LogP contribution in [0.4, 0.5) is 0 Å². The molecule has 11 aromatic carbocycles. The maximum Gasteiger partial charge on any atom is 0.164 e. The van der Waals surface area contributed by atoms with E-state index in [1.165, 1.54) is 70.2 Å². The third-order valence-corrected chi connectivity index (χ3v) is 11.8. The minimum atomic E-state index is 0.635. The number of nitrogens with zero attached hydrogens (tertiary/aromatic N) is 3. The summed E-state index contributed by atoms with van der Waals surface area (Å²) < 4.78 is 0. The van der Waals surface area contributed by atoms with Crippen LogP contribution in [-0.2, 0) is 0 Å². The lowest BCUT2D eigenvalue weighted by Gasteiger charge is -2.18. The van der Waals surface area contributed by atoms with E-state index in [0.717, 1.165) is 33.4 Å². The Morgan fingerprint density at radius 3 is 1.22 bits per heavy atom. The molecule has 58 heavy (non-hydrogen) atoms. The van der Waals surface area contributed by atoms with Crippen LogP contribution < -0.4 is 0 Å². The number of hydrogen-bond acceptors (Lipinski definition) is 3. The van der Waals surface area contributed by atoms with Gasteiger partial charge in [0.25, 0.3) is 0 Å². The SMILES string of the molecule is c1ccc(-c2ccc(-c3nc(-c4ccccc4)nc(-c4ccccc4-c4cc5ccc6cccc7c8cccc9ccc%10cccc(c(c4)c5c67)c%10c98)n3)cc2)cc1. The number of benzene rings is 10. The molecule has 0 spiro atoms. The summed E-state index contributed by atoms with van der Waals surface area (Å²) in [6.07, 6.45) is 0. The molecule has 0 unspecified atom stereocenters. The van der Waals surface area contributed by atoms with E-state index in [-0.39, 0.29) is 0 Å². The normalized spacial score (nSPS) is 11.8. The lowest BCUT2D eigenvalue weighted by Crippen LogP contribution is -2.01. The van der Waals surface area contributed by atoms with Gasteiger partial charge in [-0.1, -0.05) is 188 Å². The second-order valence-electron chi connectivity index (χ2n) is 15.1. The Bertz CT molecular complexity index is 3530. The van der Waals surface area contributed by atoms with Crippen molar-refractivity contribution in [2.75, 3.05) is 0 Å². The highest BCUT2D eigenvalue weighted by Crippen LogP contribution is 2.45. The Morgan fingerprint density at radius 1 is 0.224 bits per heavy atom. The number of hydrogen-bond donors (Lipinski definition) is 0. The molecular formula is C55H33N3. The van der Waals surface area contributed by atoms with Crippen LogP contribution in [0, 0.1) is 0 Å². The van der Waals surface area contributed by atoms with E-state index in [1.807, 2.05) is 24.3 Å². The van der Waals surface area contributed by atoms with Gasteiger partial charge in [0, 0.05) is 16.7 Å². The maximum atomic E-state index is 5.23. The van der Waals surface area contributed by atoms with Gasteiger partial charge in [0.2, 0.25) is 0 Å². The zero-order chi connectivity index (χ0) is 38.2. The topological polar surface area (TPSA) is 38.7 Å². The van der Waals surface area contributed by atoms with Gasteiger partial charge in [-0.15, -0.1) is 0 Å². The first kappa shape index (κ1) is 32.5. The molecule has 1 aromatic heterocycles. The lowest BCUT2D eigenvalue weighted by molar-refractivity contribution is 1.07. The summed E-state index contributed by atoms with van der Waals surface area (Å²) in [7, 11) is 0. The molecule has 0 saturated heterocycles. The molecule has 0 bridgehead atoms. The van der Waals surface area contributed by atoms with Gasteiger partial charge >= 0.3 is 0 Å². The molecule has 3 nitrogen and oxygen atoms in total. The highest BCUT2D eigenvalue weighted by Gasteiger charge is 2.19. The Morgan fingerprint density at radius 2 is 0.638 bits per heavy atom. The summed E-state index contributed by atoms with van der Waals surface area (Å²) in [6, 6.07) is 71.8. The molecule has 0 amide bonds. The van der Waals surface area contributed by atoms with Crippen LogP contribution in [0.1, 0.15) is 0 Å². The third kappa shape index (κ3) is 5.11. The molecule has 268 valence electrons. The van der Waals surface area contributed by atoms with E-state index in [1.54, 1.807) is 0 Å². The predicted octanol–water partition coefficient (Wildman–Crippen LogP) is 14.6. The van der Waals surface area contributed by atoms with Crippen molar-refractivity contribution < 1.29 is 0 Å². The molecule has 0 aliphatic heterocycles. The molecule has 0 fully saturated rings. The van der Waals surface area contributed by atoms with Crippen LogP contribution >= 0.6 is 0 Å². The van der Waals surface area contributed by atoms with E-state index in [9.17, 15) is 0 Å². The van der Waals surface area contributed by atoms with Crippen LogP contribution in [0.15, 0.2) is 200 Å². The molecule has 0 N–H and O–H groups in total. The van der Waals surface area contributed by atoms with Gasteiger partial charge in [-0.25, -0.2) is 15.0 Å². The molecule has 0 aliphatic carbocycles. The molecule has 12 rings (SSSR count). The highest BCUT2D eigenvalue weighted by atomic mass is 15.0. The summed E-state index contributed by atoms with van der Waals surface area (Å²) in [6.45, 7) is 0. The zero-order valence-corrected chi connectivity index (χ0v) is 31.4. The monoisotopic (exact) mass is 735 g/mol. The first-order valence-electron chi connectivity index (χ1n) is 19.8. The Hall–Kier alpha value is -7.75. The summed E-state index contributed by atoms with van der Waals surface area (Å²) in [5, 5.41) is 15.1. The molecule has 0 radical (unpaired) electrons. The fourth-order valence-corrected chi connectivity index (χ4v) is 9.15. The van der Waals surface area contributed by atoms with Crippen molar-refractivity contribution in [3.8, 4) is 56.4 Å². The van der Waals surface area contributed by atoms with E-state index in [4.69, 9.17) is 15.0 Å². The fraction of sp³-hybridized carbons (Fsp3) is 0. The summed E-state index contributed by atoms with van der Waals surface area (Å²) in [5.74, 6) is 1.91. The van der Waals surface area contributed by atoms with E-state index < -0.39 is 0 Å². The van der Waals surface area contributed by atoms with Crippen LogP contribution in [0.3, 0.4) is 0 Å². The molecule has 0 aliphatic rings. The van der Waals surface area contributed by atoms with E-state index >= 15 is 0 Å². The van der Waals surface area contributed by atoms with E-state index in [0.29, 0.717) is 17.5 Å². The number of aromatic nitrogens is 3. The van der Waals surface area contributed by atoms with Crippen LogP contribution in [-0.4, -0.2) is 15.0 Å². The number of rotatable bonds is 5. The smallest absolute Gasteiger partial charge is 0.164 e. The summed E-state index contributed by atoms with van der Waals surface area (Å²) in [5.41, 5.74) is 7.33. The molecule has 1 heterocycles. The first-order chi connectivity index (χ1) is 28.7. The maximum absolute atomic E-state index is 5.23. The van der Waals surface area contributed by atoms with Crippen molar-refractivity contribution in [1.29, 1.82) is 0 Å². The van der Waals surface area contributed by atoms with Gasteiger partial charge in [-0.05, 0) is 99.0 Å². The predicted molar refractivity (Wildman–Crippen MR) is 243 cm³/mol. The van der Waals surface area contributed by atoms with Crippen molar-refractivity contribution in [1.82, 2.24) is 15.0 Å². The van der Waals surface area contributed by atoms with Crippen molar-refractivity contribution in [2.24, 2.45) is 0 Å². The Kier molecular flexibility index (Phi) is 7.23. The quantitative estimate of drug-likeness (QED) is 0.165. The molecular weight excluding hydrogens is 703 g/mol. The molecule has 0 saturated carbocycles. The minimum Gasteiger partial charge on any atom is -0.208 e. The third-order valence-electron chi connectivity index (χ3n) is 11.8. The van der Waals surface area contributed by atoms with Crippen LogP contribution in [0.2, 0.25) is 0 Å². The zero-order valence-electron chi connectivity index (χ0n) is 31.4. The van der Waals surface area contributed by atoms with Crippen molar-refractivity contribution in [2.45, 2.75) is 0 Å². The molecule has 0 atom stereocenters. The lowest BCUT2D eigenvalue weighted by atomic mass is 9.86. The number of fused-ring (bicyclic) bond motifs is 2. The van der Waals surface area contributed by atoms with Gasteiger partial charge in [-0.3, -0.25) is 0 Å². The van der Waals surface area contributed by atoms with Crippen molar-refractivity contribution in [3.63, 3.8) is 0 Å². The van der Waals surface area contributed by atoms with Gasteiger partial charge in [0.05, 0.1) is 0 Å². The van der Waals surface area contributed by atoms with Gasteiger partial charge in [0.1, 0.15) is 0 Å². The van der Waals surface area contributed by atoms with E-state index in [2.05, 4.69) is 176 Å². The van der Waals surface area contributed by atoms with Gasteiger partial charge in [-0.2, -0.15) is 0 Å². The Balaban J connectivity index is 1.12.